The van der Waals surface area contributed by atoms with Crippen LogP contribution in [-0.4, -0.2) is 17.3 Å². The molecule has 4 nitrogen and oxygen atoms in total. The molecular weight excluding hydrogens is 410 g/mol. The van der Waals surface area contributed by atoms with Crippen LogP contribution in [0.5, 0.6) is 11.5 Å². The third-order valence-electron chi connectivity index (χ3n) is 6.98. The summed E-state index contributed by atoms with van der Waals surface area (Å²) < 4.78 is 12.6. The van der Waals surface area contributed by atoms with Gasteiger partial charge < -0.3 is 19.9 Å². The molecule has 0 amide bonds. The Kier molecular flexibility index (Phi) is 6.21. The van der Waals surface area contributed by atoms with E-state index in [1.165, 1.54) is 11.1 Å². The van der Waals surface area contributed by atoms with Gasteiger partial charge in [-0.15, -0.1) is 0 Å². The molecule has 4 heteroatoms. The summed E-state index contributed by atoms with van der Waals surface area (Å²) in [6, 6.07) is 24.9. The van der Waals surface area contributed by atoms with Gasteiger partial charge in [0, 0.05) is 18.0 Å². The van der Waals surface area contributed by atoms with Gasteiger partial charge >= 0.3 is 0 Å². The summed E-state index contributed by atoms with van der Waals surface area (Å²) in [4.78, 5) is 0. The van der Waals surface area contributed by atoms with Gasteiger partial charge in [-0.2, -0.15) is 0 Å². The van der Waals surface area contributed by atoms with Gasteiger partial charge in [0.1, 0.15) is 13.2 Å². The van der Waals surface area contributed by atoms with E-state index in [1.54, 1.807) is 0 Å². The number of aliphatic hydroxyl groups excluding tert-OH is 1. The molecule has 1 heterocycles. The Morgan fingerprint density at radius 1 is 0.909 bits per heavy atom. The fourth-order valence-corrected chi connectivity index (χ4v) is 5.14. The van der Waals surface area contributed by atoms with Crippen molar-refractivity contribution < 1.29 is 14.6 Å². The highest BCUT2D eigenvalue weighted by Crippen LogP contribution is 2.46. The molecule has 5 rings (SSSR count). The standard InChI is InChI=1S/C29H31NO3/c1-2-29-14-13-24(31)16-28(29)30-18-23-15-26(32-19-21-9-5-3-6-10-21)27(17-25(23)29)33-20-22-11-7-4-8-12-22/h3-15,17,24,28,30-31H,2,16,18-20H2,1H3/t24?,28-,29+/m0/s1. The highest BCUT2D eigenvalue weighted by atomic mass is 16.5. The molecule has 0 aromatic heterocycles. The molecule has 3 atom stereocenters. The molecule has 3 aromatic carbocycles. The van der Waals surface area contributed by atoms with Crippen molar-refractivity contribution in [1.82, 2.24) is 5.32 Å². The molecule has 0 saturated carbocycles. The van der Waals surface area contributed by atoms with Crippen LogP contribution in [0.2, 0.25) is 0 Å². The van der Waals surface area contributed by atoms with Crippen molar-refractivity contribution in [2.75, 3.05) is 0 Å². The molecule has 1 aliphatic heterocycles. The molecule has 1 aliphatic carbocycles. The zero-order valence-electron chi connectivity index (χ0n) is 19.0. The minimum Gasteiger partial charge on any atom is -0.485 e. The second-order valence-electron chi connectivity index (χ2n) is 8.99. The van der Waals surface area contributed by atoms with Gasteiger partial charge in [0.15, 0.2) is 11.5 Å². The number of nitrogens with one attached hydrogen (secondary N) is 1. The molecule has 0 fully saturated rings. The smallest absolute Gasteiger partial charge is 0.162 e. The molecule has 1 unspecified atom stereocenters. The fourth-order valence-electron chi connectivity index (χ4n) is 5.14. The number of ether oxygens (including phenoxy) is 2. The quantitative estimate of drug-likeness (QED) is 0.490. The number of aliphatic hydroxyl groups is 1. The monoisotopic (exact) mass is 441 g/mol. The van der Waals surface area contributed by atoms with Crippen LogP contribution < -0.4 is 14.8 Å². The Hall–Kier alpha value is -3.08. The second-order valence-corrected chi connectivity index (χ2v) is 8.99. The SMILES string of the molecule is CC[C@]12C=CC(O)C[C@@H]1NCc1cc(OCc3ccccc3)c(OCc3ccccc3)cc12. The summed E-state index contributed by atoms with van der Waals surface area (Å²) in [5, 5.41) is 13.9. The van der Waals surface area contributed by atoms with Crippen LogP contribution in [0.15, 0.2) is 84.9 Å². The number of rotatable bonds is 7. The predicted octanol–water partition coefficient (Wildman–Crippen LogP) is 5.29. The predicted molar refractivity (Wildman–Crippen MR) is 130 cm³/mol. The second kappa shape index (κ2) is 9.42. The first kappa shape index (κ1) is 21.7. The van der Waals surface area contributed by atoms with Gasteiger partial charge in [-0.25, -0.2) is 0 Å². The van der Waals surface area contributed by atoms with Gasteiger partial charge in [0.05, 0.1) is 6.10 Å². The van der Waals surface area contributed by atoms with Crippen LogP contribution in [0, 0.1) is 0 Å². The van der Waals surface area contributed by atoms with Crippen LogP contribution in [0.25, 0.3) is 0 Å². The number of fused-ring (bicyclic) bond motifs is 3. The van der Waals surface area contributed by atoms with E-state index in [0.29, 0.717) is 13.2 Å². The summed E-state index contributed by atoms with van der Waals surface area (Å²) in [7, 11) is 0. The van der Waals surface area contributed by atoms with Crippen molar-refractivity contribution in [1.29, 1.82) is 0 Å². The topological polar surface area (TPSA) is 50.7 Å². The minimum absolute atomic E-state index is 0.157. The molecule has 0 radical (unpaired) electrons. The van der Waals surface area contributed by atoms with E-state index >= 15 is 0 Å². The third kappa shape index (κ3) is 4.41. The first-order valence-corrected chi connectivity index (χ1v) is 11.8. The van der Waals surface area contributed by atoms with Gasteiger partial charge in [0.25, 0.3) is 0 Å². The lowest BCUT2D eigenvalue weighted by atomic mass is 9.64. The molecule has 33 heavy (non-hydrogen) atoms. The van der Waals surface area contributed by atoms with Crippen molar-refractivity contribution in [2.45, 2.75) is 57.1 Å². The van der Waals surface area contributed by atoms with Crippen LogP contribution in [0.4, 0.5) is 0 Å². The lowest BCUT2D eigenvalue weighted by Crippen LogP contribution is -2.54. The average molecular weight is 442 g/mol. The van der Waals surface area contributed by atoms with Crippen molar-refractivity contribution in [3.63, 3.8) is 0 Å². The molecule has 170 valence electrons. The normalized spacial score (nSPS) is 23.5. The number of benzene rings is 3. The summed E-state index contributed by atoms with van der Waals surface area (Å²) in [5.41, 5.74) is 4.58. The largest absolute Gasteiger partial charge is 0.485 e. The van der Waals surface area contributed by atoms with Gasteiger partial charge in [-0.1, -0.05) is 79.7 Å². The minimum atomic E-state index is -0.397. The van der Waals surface area contributed by atoms with Crippen molar-refractivity contribution in [3.8, 4) is 11.5 Å². The fraction of sp³-hybridized carbons (Fsp3) is 0.310. The van der Waals surface area contributed by atoms with E-state index in [1.807, 2.05) is 42.5 Å². The van der Waals surface area contributed by atoms with Crippen molar-refractivity contribution >= 4 is 0 Å². The number of hydrogen-bond donors (Lipinski definition) is 2. The maximum absolute atomic E-state index is 10.2. The molecule has 0 spiro atoms. The van der Waals surface area contributed by atoms with E-state index in [-0.39, 0.29) is 11.5 Å². The summed E-state index contributed by atoms with van der Waals surface area (Å²) in [6.07, 6.45) is 5.41. The highest BCUT2D eigenvalue weighted by molar-refractivity contribution is 5.54. The lowest BCUT2D eigenvalue weighted by Gasteiger charge is -2.47. The van der Waals surface area contributed by atoms with Crippen LogP contribution in [0.3, 0.4) is 0 Å². The van der Waals surface area contributed by atoms with E-state index in [2.05, 4.69) is 54.7 Å². The Morgan fingerprint density at radius 2 is 1.52 bits per heavy atom. The maximum atomic E-state index is 10.2. The third-order valence-corrected chi connectivity index (χ3v) is 6.98. The van der Waals surface area contributed by atoms with E-state index < -0.39 is 6.10 Å². The molecule has 2 aliphatic rings. The van der Waals surface area contributed by atoms with E-state index in [9.17, 15) is 5.11 Å². The first-order valence-electron chi connectivity index (χ1n) is 11.8. The molecule has 0 bridgehead atoms. The first-order chi connectivity index (χ1) is 16.2. The summed E-state index contributed by atoms with van der Waals surface area (Å²) in [6.45, 7) is 3.94. The zero-order chi connectivity index (χ0) is 22.7. The van der Waals surface area contributed by atoms with Crippen LogP contribution in [0.1, 0.15) is 42.0 Å². The van der Waals surface area contributed by atoms with Gasteiger partial charge in [0.2, 0.25) is 0 Å². The van der Waals surface area contributed by atoms with Crippen molar-refractivity contribution in [3.05, 3.63) is 107 Å². The zero-order valence-corrected chi connectivity index (χ0v) is 19.0. The average Bonchev–Trinajstić information content (AvgIpc) is 2.87. The Labute approximate surface area is 195 Å². The maximum Gasteiger partial charge on any atom is 0.162 e. The molecular formula is C29H31NO3. The molecule has 2 N–H and O–H groups in total. The summed E-state index contributed by atoms with van der Waals surface area (Å²) >= 11 is 0. The lowest BCUT2D eigenvalue weighted by molar-refractivity contribution is 0.151. The van der Waals surface area contributed by atoms with Gasteiger partial charge in [-0.05, 0) is 47.2 Å². The molecule has 0 saturated heterocycles. The van der Waals surface area contributed by atoms with Crippen molar-refractivity contribution in [2.24, 2.45) is 0 Å². The molecule has 3 aromatic rings. The van der Waals surface area contributed by atoms with Crippen LogP contribution in [-0.2, 0) is 25.2 Å². The van der Waals surface area contributed by atoms with Crippen LogP contribution >= 0.6 is 0 Å². The van der Waals surface area contributed by atoms with Gasteiger partial charge in [-0.3, -0.25) is 0 Å². The Morgan fingerprint density at radius 3 is 2.12 bits per heavy atom. The highest BCUT2D eigenvalue weighted by Gasteiger charge is 2.44. The van der Waals surface area contributed by atoms with E-state index in [0.717, 1.165) is 42.0 Å². The Balaban J connectivity index is 1.51. The van der Waals surface area contributed by atoms with E-state index in [4.69, 9.17) is 9.47 Å². The summed E-state index contributed by atoms with van der Waals surface area (Å²) in [5.74, 6) is 1.53. The number of hydrogen-bond acceptors (Lipinski definition) is 4. The Bertz CT molecular complexity index is 1110.